The van der Waals surface area contributed by atoms with Gasteiger partial charge < -0.3 is 10.2 Å². The first-order chi connectivity index (χ1) is 11.1. The van der Waals surface area contributed by atoms with E-state index in [0.717, 1.165) is 24.1 Å². The van der Waals surface area contributed by atoms with Crippen LogP contribution in [0.5, 0.6) is 0 Å². The molecule has 1 aromatic carbocycles. The van der Waals surface area contributed by atoms with Gasteiger partial charge in [0, 0.05) is 37.8 Å². The Morgan fingerprint density at radius 3 is 2.96 bits per heavy atom. The molecule has 1 aromatic heterocycles. The fourth-order valence-corrected chi connectivity index (χ4v) is 2.76. The van der Waals surface area contributed by atoms with Crippen molar-refractivity contribution in [2.75, 3.05) is 19.8 Å². The number of thioether (sulfide) groups is 1. The van der Waals surface area contributed by atoms with E-state index < -0.39 is 0 Å². The highest BCUT2D eigenvalue weighted by Crippen LogP contribution is 2.16. The third-order valence-electron chi connectivity index (χ3n) is 3.50. The second kappa shape index (κ2) is 8.62. The summed E-state index contributed by atoms with van der Waals surface area (Å²) < 4.78 is 1.90. The van der Waals surface area contributed by atoms with E-state index in [1.807, 2.05) is 43.2 Å². The molecule has 0 atom stereocenters. The molecule has 0 spiro atoms. The number of aromatic nitrogens is 2. The minimum Gasteiger partial charge on any atom is -0.338 e. The van der Waals surface area contributed by atoms with Crippen molar-refractivity contribution >= 4 is 17.8 Å². The number of benzene rings is 1. The minimum atomic E-state index is -0.0452. The largest absolute Gasteiger partial charge is 0.338 e. The van der Waals surface area contributed by atoms with Crippen LogP contribution in [0, 0.1) is 6.92 Å². The predicted octanol–water partition coefficient (Wildman–Crippen LogP) is 3.15. The summed E-state index contributed by atoms with van der Waals surface area (Å²) in [5.41, 5.74) is 2.29. The maximum atomic E-state index is 12.1. The molecule has 2 rings (SSSR count). The lowest BCUT2D eigenvalue weighted by atomic mass is 10.2. The molecular weight excluding hydrogens is 308 g/mol. The summed E-state index contributed by atoms with van der Waals surface area (Å²) in [7, 11) is 1.82. The molecule has 1 heterocycles. The van der Waals surface area contributed by atoms with Crippen molar-refractivity contribution in [1.82, 2.24) is 20.0 Å². The number of hydrogen-bond acceptors (Lipinski definition) is 3. The molecular formula is C17H24N4OS. The van der Waals surface area contributed by atoms with Crippen LogP contribution in [0.15, 0.2) is 41.6 Å². The van der Waals surface area contributed by atoms with Gasteiger partial charge in [-0.1, -0.05) is 12.1 Å². The molecule has 0 aliphatic heterocycles. The van der Waals surface area contributed by atoms with Gasteiger partial charge in [-0.2, -0.15) is 5.10 Å². The van der Waals surface area contributed by atoms with Gasteiger partial charge in [0.15, 0.2) is 0 Å². The van der Waals surface area contributed by atoms with Crippen LogP contribution >= 0.6 is 11.8 Å². The van der Waals surface area contributed by atoms with Gasteiger partial charge in [-0.05, 0) is 42.9 Å². The summed E-state index contributed by atoms with van der Waals surface area (Å²) in [6.07, 6.45) is 6.76. The number of nitrogens with one attached hydrogen (secondary N) is 1. The highest BCUT2D eigenvalue weighted by atomic mass is 32.2. The normalized spacial score (nSPS) is 10.6. The summed E-state index contributed by atoms with van der Waals surface area (Å²) in [4.78, 5) is 15.0. The van der Waals surface area contributed by atoms with Crippen LogP contribution in [0.2, 0.25) is 0 Å². The first kappa shape index (κ1) is 17.4. The first-order valence-corrected chi connectivity index (χ1v) is 8.92. The maximum absolute atomic E-state index is 12.1. The van der Waals surface area contributed by atoms with Gasteiger partial charge in [0.25, 0.3) is 0 Å². The van der Waals surface area contributed by atoms with Crippen LogP contribution in [0.3, 0.4) is 0 Å². The summed E-state index contributed by atoms with van der Waals surface area (Å²) in [5, 5.41) is 7.18. The molecule has 0 fully saturated rings. The summed E-state index contributed by atoms with van der Waals surface area (Å²) in [6.45, 7) is 4.09. The van der Waals surface area contributed by atoms with Crippen LogP contribution in [0.4, 0.5) is 4.79 Å². The van der Waals surface area contributed by atoms with Crippen molar-refractivity contribution in [2.45, 2.75) is 31.3 Å². The third-order valence-corrected chi connectivity index (χ3v) is 4.23. The Hall–Kier alpha value is -1.95. The van der Waals surface area contributed by atoms with Crippen molar-refractivity contribution < 1.29 is 4.79 Å². The van der Waals surface area contributed by atoms with Crippen molar-refractivity contribution in [3.8, 4) is 0 Å². The number of nitrogens with zero attached hydrogens (tertiary/aromatic N) is 3. The smallest absolute Gasteiger partial charge is 0.317 e. The predicted molar refractivity (Wildman–Crippen MR) is 94.7 cm³/mol. The zero-order chi connectivity index (χ0) is 16.7. The van der Waals surface area contributed by atoms with E-state index in [1.165, 1.54) is 4.90 Å². The van der Waals surface area contributed by atoms with Crippen molar-refractivity contribution in [3.63, 3.8) is 0 Å². The lowest BCUT2D eigenvalue weighted by Crippen LogP contribution is -2.37. The van der Waals surface area contributed by atoms with Crippen LogP contribution in [-0.4, -0.2) is 40.6 Å². The molecule has 0 radical (unpaired) electrons. The lowest BCUT2D eigenvalue weighted by Gasteiger charge is -2.18. The van der Waals surface area contributed by atoms with Crippen LogP contribution in [0.1, 0.15) is 17.5 Å². The number of urea groups is 1. The van der Waals surface area contributed by atoms with Crippen LogP contribution < -0.4 is 5.32 Å². The van der Waals surface area contributed by atoms with E-state index in [-0.39, 0.29) is 6.03 Å². The first-order valence-electron chi connectivity index (χ1n) is 7.69. The molecule has 5 nitrogen and oxygen atoms in total. The molecule has 0 aliphatic carbocycles. The van der Waals surface area contributed by atoms with Gasteiger partial charge in [0.05, 0.1) is 6.20 Å². The molecule has 6 heteroatoms. The molecule has 0 saturated carbocycles. The number of amides is 2. The van der Waals surface area contributed by atoms with E-state index in [9.17, 15) is 4.79 Å². The number of hydrogen-bond donors (Lipinski definition) is 1. The van der Waals surface area contributed by atoms with E-state index >= 15 is 0 Å². The Kier molecular flexibility index (Phi) is 6.52. The van der Waals surface area contributed by atoms with Crippen molar-refractivity contribution in [2.24, 2.45) is 0 Å². The Labute approximate surface area is 142 Å². The SMILES string of the molecule is CSc1cccc(CN(C)C(=O)NCCCn2cc(C)cn2)c1. The second-order valence-electron chi connectivity index (χ2n) is 5.57. The van der Waals surface area contributed by atoms with Crippen molar-refractivity contribution in [1.29, 1.82) is 0 Å². The molecule has 0 saturated heterocycles. The van der Waals surface area contributed by atoms with E-state index in [4.69, 9.17) is 0 Å². The highest BCUT2D eigenvalue weighted by Gasteiger charge is 2.08. The Morgan fingerprint density at radius 2 is 2.26 bits per heavy atom. The molecule has 23 heavy (non-hydrogen) atoms. The Bertz CT molecular complexity index is 641. The summed E-state index contributed by atoms with van der Waals surface area (Å²) in [5.74, 6) is 0. The van der Waals surface area contributed by atoms with Crippen LogP contribution in [0.25, 0.3) is 0 Å². The van der Waals surface area contributed by atoms with Gasteiger partial charge in [0.1, 0.15) is 0 Å². The monoisotopic (exact) mass is 332 g/mol. The molecule has 2 aromatic rings. The maximum Gasteiger partial charge on any atom is 0.317 e. The van der Waals surface area contributed by atoms with Crippen molar-refractivity contribution in [3.05, 3.63) is 47.8 Å². The van der Waals surface area contributed by atoms with Gasteiger partial charge in [-0.3, -0.25) is 4.68 Å². The molecule has 0 bridgehead atoms. The van der Waals surface area contributed by atoms with Gasteiger partial charge >= 0.3 is 6.03 Å². The molecule has 0 aliphatic rings. The molecule has 0 unspecified atom stereocenters. The third kappa shape index (κ3) is 5.63. The Balaban J connectivity index is 1.71. The quantitative estimate of drug-likeness (QED) is 0.626. The Morgan fingerprint density at radius 1 is 1.43 bits per heavy atom. The minimum absolute atomic E-state index is 0.0452. The van der Waals surface area contributed by atoms with E-state index in [0.29, 0.717) is 13.1 Å². The second-order valence-corrected chi connectivity index (χ2v) is 6.45. The topological polar surface area (TPSA) is 50.2 Å². The van der Waals surface area contributed by atoms with Crippen LogP contribution in [-0.2, 0) is 13.1 Å². The summed E-state index contributed by atoms with van der Waals surface area (Å²) in [6, 6.07) is 8.22. The summed E-state index contributed by atoms with van der Waals surface area (Å²) >= 11 is 1.71. The number of carbonyl (C=O) groups excluding carboxylic acids is 1. The highest BCUT2D eigenvalue weighted by molar-refractivity contribution is 7.98. The van der Waals surface area contributed by atoms with E-state index in [1.54, 1.807) is 16.7 Å². The van der Waals surface area contributed by atoms with Gasteiger partial charge in [0.2, 0.25) is 0 Å². The fourth-order valence-electron chi connectivity index (χ4n) is 2.28. The fraction of sp³-hybridized carbons (Fsp3) is 0.412. The molecule has 1 N–H and O–H groups in total. The van der Waals surface area contributed by atoms with Gasteiger partial charge in [-0.25, -0.2) is 4.79 Å². The number of aryl methyl sites for hydroxylation is 2. The average molecular weight is 332 g/mol. The number of rotatable bonds is 7. The lowest BCUT2D eigenvalue weighted by molar-refractivity contribution is 0.206. The number of carbonyl (C=O) groups is 1. The molecule has 2 amide bonds. The average Bonchev–Trinajstić information content (AvgIpc) is 2.97. The standard InChI is InChI=1S/C17H24N4OS/c1-14-11-19-21(12-14)9-5-8-18-17(22)20(2)13-15-6-4-7-16(10-15)23-3/h4,6-7,10-12H,5,8-9,13H2,1-3H3,(H,18,22). The molecule has 124 valence electrons. The zero-order valence-electron chi connectivity index (χ0n) is 14.0. The van der Waals surface area contributed by atoms with E-state index in [2.05, 4.69) is 28.8 Å². The van der Waals surface area contributed by atoms with Gasteiger partial charge in [-0.15, -0.1) is 11.8 Å². The zero-order valence-corrected chi connectivity index (χ0v) is 14.8.